The fourth-order valence-corrected chi connectivity index (χ4v) is 3.54. The van der Waals surface area contributed by atoms with Crippen LogP contribution in [-0.4, -0.2) is 50.8 Å². The van der Waals surface area contributed by atoms with Crippen LogP contribution in [0.3, 0.4) is 0 Å². The number of halogens is 1. The van der Waals surface area contributed by atoms with E-state index in [1.54, 1.807) is 0 Å². The Balaban J connectivity index is 0.00000108. The van der Waals surface area contributed by atoms with Gasteiger partial charge < -0.3 is 15.0 Å². The topological polar surface area (TPSA) is 24.5 Å². The van der Waals surface area contributed by atoms with Gasteiger partial charge in [-0.25, -0.2) is 0 Å². The first-order chi connectivity index (χ1) is 7.86. The second-order valence-corrected chi connectivity index (χ2v) is 5.97. The Labute approximate surface area is 111 Å². The predicted molar refractivity (Wildman–Crippen MR) is 71.8 cm³/mol. The standard InChI is InChI=1S/C13H24N2O.ClH/c1(12-2-8-16-9-12)6-15-7-4-13(11-15)3-5-14-10-13;/h12,14H,1-11H2;1H. The molecule has 0 amide bonds. The van der Waals surface area contributed by atoms with Crippen LogP contribution in [0.5, 0.6) is 0 Å². The van der Waals surface area contributed by atoms with Crippen LogP contribution in [0.25, 0.3) is 0 Å². The van der Waals surface area contributed by atoms with Crippen molar-refractivity contribution in [3.63, 3.8) is 0 Å². The highest BCUT2D eigenvalue weighted by molar-refractivity contribution is 5.85. The third kappa shape index (κ3) is 3.14. The molecule has 0 bridgehead atoms. The summed E-state index contributed by atoms with van der Waals surface area (Å²) in [6.07, 6.45) is 5.46. The van der Waals surface area contributed by atoms with Gasteiger partial charge in [0.15, 0.2) is 0 Å². The van der Waals surface area contributed by atoms with E-state index in [-0.39, 0.29) is 12.4 Å². The Kier molecular flexibility index (Phi) is 4.70. The molecule has 17 heavy (non-hydrogen) atoms. The summed E-state index contributed by atoms with van der Waals surface area (Å²) in [5, 5.41) is 3.53. The monoisotopic (exact) mass is 260 g/mol. The summed E-state index contributed by atoms with van der Waals surface area (Å²) in [7, 11) is 0. The lowest BCUT2D eigenvalue weighted by molar-refractivity contribution is 0.179. The van der Waals surface area contributed by atoms with E-state index in [0.717, 1.165) is 19.1 Å². The SMILES string of the molecule is C1CC2(CCN(CCC3CCOC3)C2)CN1.Cl. The van der Waals surface area contributed by atoms with Gasteiger partial charge in [-0.05, 0) is 56.7 Å². The molecule has 3 fully saturated rings. The molecule has 0 aromatic carbocycles. The molecule has 3 rings (SSSR count). The summed E-state index contributed by atoms with van der Waals surface area (Å²) in [5.41, 5.74) is 0.645. The van der Waals surface area contributed by atoms with Crippen molar-refractivity contribution < 1.29 is 4.74 Å². The quantitative estimate of drug-likeness (QED) is 0.833. The van der Waals surface area contributed by atoms with Gasteiger partial charge in [-0.1, -0.05) is 0 Å². The van der Waals surface area contributed by atoms with E-state index in [9.17, 15) is 0 Å². The Morgan fingerprint density at radius 3 is 3.00 bits per heavy atom. The van der Waals surface area contributed by atoms with Gasteiger partial charge in [-0.2, -0.15) is 0 Å². The van der Waals surface area contributed by atoms with Crippen molar-refractivity contribution in [2.75, 3.05) is 45.9 Å². The van der Waals surface area contributed by atoms with Gasteiger partial charge in [0, 0.05) is 26.3 Å². The molecule has 0 aromatic heterocycles. The van der Waals surface area contributed by atoms with Crippen molar-refractivity contribution in [1.29, 1.82) is 0 Å². The Morgan fingerprint density at radius 2 is 2.29 bits per heavy atom. The maximum atomic E-state index is 5.44. The predicted octanol–water partition coefficient (Wildman–Crippen LogP) is 1.52. The molecule has 0 aliphatic carbocycles. The zero-order chi connectivity index (χ0) is 10.8. The molecule has 0 radical (unpaired) electrons. The molecule has 4 heteroatoms. The highest BCUT2D eigenvalue weighted by Crippen LogP contribution is 2.36. The van der Waals surface area contributed by atoms with Crippen LogP contribution in [0.2, 0.25) is 0 Å². The largest absolute Gasteiger partial charge is 0.381 e. The lowest BCUT2D eigenvalue weighted by Crippen LogP contribution is -2.30. The average Bonchev–Trinajstić information content (AvgIpc) is 3.01. The second-order valence-electron chi connectivity index (χ2n) is 5.97. The molecule has 3 aliphatic rings. The van der Waals surface area contributed by atoms with Crippen molar-refractivity contribution in [3.05, 3.63) is 0 Å². The number of ether oxygens (including phenoxy) is 1. The normalized spacial score (nSPS) is 37.8. The molecule has 0 saturated carbocycles. The minimum atomic E-state index is 0. The lowest BCUT2D eigenvalue weighted by Gasteiger charge is -2.23. The molecule has 3 saturated heterocycles. The number of rotatable bonds is 3. The highest BCUT2D eigenvalue weighted by atomic mass is 35.5. The van der Waals surface area contributed by atoms with Crippen molar-refractivity contribution in [3.8, 4) is 0 Å². The van der Waals surface area contributed by atoms with Crippen molar-refractivity contribution >= 4 is 12.4 Å². The summed E-state index contributed by atoms with van der Waals surface area (Å²) in [5.74, 6) is 0.846. The van der Waals surface area contributed by atoms with Crippen molar-refractivity contribution in [1.82, 2.24) is 10.2 Å². The number of nitrogens with one attached hydrogen (secondary N) is 1. The number of hydrogen-bond acceptors (Lipinski definition) is 3. The Bertz CT molecular complexity index is 238. The zero-order valence-electron chi connectivity index (χ0n) is 10.6. The molecular formula is C13H25ClN2O. The van der Waals surface area contributed by atoms with E-state index in [1.165, 1.54) is 58.4 Å². The lowest BCUT2D eigenvalue weighted by atomic mass is 9.86. The van der Waals surface area contributed by atoms with Crippen molar-refractivity contribution in [2.24, 2.45) is 11.3 Å². The first kappa shape index (κ1) is 13.6. The number of nitrogens with zero attached hydrogens (tertiary/aromatic N) is 1. The van der Waals surface area contributed by atoms with Crippen LogP contribution in [0.1, 0.15) is 25.7 Å². The minimum absolute atomic E-state index is 0. The molecular weight excluding hydrogens is 236 g/mol. The molecule has 2 atom stereocenters. The van der Waals surface area contributed by atoms with Crippen LogP contribution >= 0.6 is 12.4 Å². The molecule has 100 valence electrons. The molecule has 1 spiro atoms. The Hall–Kier alpha value is 0.170. The van der Waals surface area contributed by atoms with Crippen LogP contribution in [0, 0.1) is 11.3 Å². The smallest absolute Gasteiger partial charge is 0.0495 e. The number of likely N-dealkylation sites (tertiary alicyclic amines) is 1. The van der Waals surface area contributed by atoms with Gasteiger partial charge >= 0.3 is 0 Å². The van der Waals surface area contributed by atoms with Gasteiger partial charge in [-0.15, -0.1) is 12.4 Å². The average molecular weight is 261 g/mol. The third-order valence-electron chi connectivity index (χ3n) is 4.73. The van der Waals surface area contributed by atoms with Crippen LogP contribution in [-0.2, 0) is 4.74 Å². The summed E-state index contributed by atoms with van der Waals surface area (Å²) in [6.45, 7) is 8.48. The van der Waals surface area contributed by atoms with E-state index in [1.807, 2.05) is 0 Å². The van der Waals surface area contributed by atoms with Gasteiger partial charge in [0.25, 0.3) is 0 Å². The fourth-order valence-electron chi connectivity index (χ4n) is 3.54. The molecule has 2 unspecified atom stereocenters. The van der Waals surface area contributed by atoms with Gasteiger partial charge in [-0.3, -0.25) is 0 Å². The first-order valence-electron chi connectivity index (χ1n) is 6.87. The fraction of sp³-hybridized carbons (Fsp3) is 1.00. The highest BCUT2D eigenvalue weighted by Gasteiger charge is 2.40. The molecule has 0 aromatic rings. The maximum absolute atomic E-state index is 5.44. The zero-order valence-corrected chi connectivity index (χ0v) is 11.4. The molecule has 3 aliphatic heterocycles. The van der Waals surface area contributed by atoms with E-state index in [2.05, 4.69) is 10.2 Å². The Morgan fingerprint density at radius 1 is 1.35 bits per heavy atom. The van der Waals surface area contributed by atoms with Gasteiger partial charge in [0.2, 0.25) is 0 Å². The van der Waals surface area contributed by atoms with E-state index < -0.39 is 0 Å². The summed E-state index contributed by atoms with van der Waals surface area (Å²) >= 11 is 0. The van der Waals surface area contributed by atoms with Crippen LogP contribution < -0.4 is 5.32 Å². The summed E-state index contributed by atoms with van der Waals surface area (Å²) in [6, 6.07) is 0. The second kappa shape index (κ2) is 5.87. The molecule has 3 heterocycles. The van der Waals surface area contributed by atoms with E-state index in [4.69, 9.17) is 4.74 Å². The minimum Gasteiger partial charge on any atom is -0.381 e. The third-order valence-corrected chi connectivity index (χ3v) is 4.73. The summed E-state index contributed by atoms with van der Waals surface area (Å²) < 4.78 is 5.44. The number of hydrogen-bond donors (Lipinski definition) is 1. The van der Waals surface area contributed by atoms with Gasteiger partial charge in [0.1, 0.15) is 0 Å². The van der Waals surface area contributed by atoms with E-state index in [0.29, 0.717) is 5.41 Å². The van der Waals surface area contributed by atoms with Crippen LogP contribution in [0.4, 0.5) is 0 Å². The van der Waals surface area contributed by atoms with Crippen LogP contribution in [0.15, 0.2) is 0 Å². The molecule has 1 N–H and O–H groups in total. The maximum Gasteiger partial charge on any atom is 0.0495 e. The summed E-state index contributed by atoms with van der Waals surface area (Å²) in [4.78, 5) is 2.69. The van der Waals surface area contributed by atoms with Crippen molar-refractivity contribution in [2.45, 2.75) is 25.7 Å². The van der Waals surface area contributed by atoms with E-state index >= 15 is 0 Å². The molecule has 3 nitrogen and oxygen atoms in total. The van der Waals surface area contributed by atoms with Gasteiger partial charge in [0.05, 0.1) is 0 Å². The first-order valence-corrected chi connectivity index (χ1v) is 6.87.